The minimum absolute atomic E-state index is 0.0581. The molecule has 116 valence electrons. The van der Waals surface area contributed by atoms with E-state index >= 15 is 0 Å². The Hall–Kier alpha value is -0.220. The van der Waals surface area contributed by atoms with E-state index in [1.54, 1.807) is 0 Å². The van der Waals surface area contributed by atoms with Crippen molar-refractivity contribution in [1.29, 1.82) is 0 Å². The Morgan fingerprint density at radius 1 is 1.45 bits per heavy atom. The predicted molar refractivity (Wildman–Crippen MR) is 86.9 cm³/mol. The topological polar surface area (TPSA) is 32.3 Å². The number of amides is 1. The number of hydrogen-bond donors (Lipinski definition) is 1. The first-order valence-corrected chi connectivity index (χ1v) is 9.35. The van der Waals surface area contributed by atoms with Crippen molar-refractivity contribution in [2.24, 2.45) is 5.92 Å². The smallest absolute Gasteiger partial charge is 0.241 e. The van der Waals surface area contributed by atoms with Gasteiger partial charge in [-0.25, -0.2) is 0 Å². The van der Waals surface area contributed by atoms with Gasteiger partial charge < -0.3 is 4.90 Å². The number of nitrogens with one attached hydrogen (secondary N) is 1. The van der Waals surface area contributed by atoms with E-state index in [2.05, 4.69) is 37.2 Å². The molecule has 2 fully saturated rings. The Bertz CT molecular complexity index is 336. The van der Waals surface area contributed by atoms with Gasteiger partial charge in [0.15, 0.2) is 0 Å². The molecule has 20 heavy (non-hydrogen) atoms. The van der Waals surface area contributed by atoms with Gasteiger partial charge in [-0.15, -0.1) is 0 Å². The number of nitrogens with zero attached hydrogens (tertiary/aromatic N) is 1. The molecule has 0 radical (unpaired) electrons. The molecule has 1 heterocycles. The Morgan fingerprint density at radius 3 is 2.60 bits per heavy atom. The van der Waals surface area contributed by atoms with Crippen LogP contribution in [0.15, 0.2) is 0 Å². The van der Waals surface area contributed by atoms with Crippen molar-refractivity contribution in [3.05, 3.63) is 0 Å². The van der Waals surface area contributed by atoms with E-state index in [0.29, 0.717) is 16.6 Å². The lowest BCUT2D eigenvalue weighted by Gasteiger charge is -2.44. The third-order valence-electron chi connectivity index (χ3n) is 4.78. The highest BCUT2D eigenvalue weighted by Crippen LogP contribution is 2.44. The summed E-state index contributed by atoms with van der Waals surface area (Å²) in [7, 11) is 0. The van der Waals surface area contributed by atoms with Crippen LogP contribution in [-0.4, -0.2) is 40.6 Å². The van der Waals surface area contributed by atoms with E-state index in [9.17, 15) is 4.79 Å². The van der Waals surface area contributed by atoms with Crippen LogP contribution in [0.25, 0.3) is 0 Å². The fourth-order valence-electron chi connectivity index (χ4n) is 3.38. The van der Waals surface area contributed by atoms with Gasteiger partial charge in [0.2, 0.25) is 5.91 Å². The van der Waals surface area contributed by atoms with Gasteiger partial charge in [-0.2, -0.15) is 11.8 Å². The molecule has 0 aromatic heterocycles. The summed E-state index contributed by atoms with van der Waals surface area (Å²) in [6.45, 7) is 7.58. The van der Waals surface area contributed by atoms with Crippen LogP contribution in [-0.2, 0) is 4.79 Å². The molecule has 2 rings (SSSR count). The fraction of sp³-hybridized carbons (Fsp3) is 0.938. The molecule has 1 N–H and O–H groups in total. The third kappa shape index (κ3) is 3.33. The summed E-state index contributed by atoms with van der Waals surface area (Å²) >= 11 is 1.96. The third-order valence-corrected chi connectivity index (χ3v) is 6.18. The molecule has 1 saturated carbocycles. The second-order valence-corrected chi connectivity index (χ2v) is 8.13. The van der Waals surface area contributed by atoms with Gasteiger partial charge in [-0.05, 0) is 37.9 Å². The maximum absolute atomic E-state index is 12.7. The number of hydrogen-bond acceptors (Lipinski definition) is 3. The Morgan fingerprint density at radius 2 is 2.15 bits per heavy atom. The zero-order valence-electron chi connectivity index (χ0n) is 13.4. The molecule has 3 nitrogen and oxygen atoms in total. The van der Waals surface area contributed by atoms with Gasteiger partial charge in [0.05, 0.1) is 12.2 Å². The zero-order valence-corrected chi connectivity index (χ0v) is 14.3. The number of thioether (sulfide) groups is 1. The number of rotatable bonds is 7. The fourth-order valence-corrected chi connectivity index (χ4v) is 4.35. The summed E-state index contributed by atoms with van der Waals surface area (Å²) in [5.41, 5.74) is 0. The van der Waals surface area contributed by atoms with Crippen LogP contribution < -0.4 is 5.32 Å². The van der Waals surface area contributed by atoms with Gasteiger partial charge in [-0.3, -0.25) is 10.1 Å². The maximum Gasteiger partial charge on any atom is 0.241 e. The molecule has 1 aliphatic heterocycles. The highest BCUT2D eigenvalue weighted by molar-refractivity contribution is 8.00. The molecule has 2 unspecified atom stereocenters. The lowest BCUT2D eigenvalue weighted by atomic mass is 9.83. The molecule has 0 aromatic rings. The molecule has 0 aromatic carbocycles. The summed E-state index contributed by atoms with van der Waals surface area (Å²) < 4.78 is 0.341. The average molecular weight is 298 g/mol. The molecule has 1 aliphatic carbocycles. The Balaban J connectivity index is 2.06. The molecule has 0 spiro atoms. The summed E-state index contributed by atoms with van der Waals surface area (Å²) in [5, 5.41) is 3.59. The average Bonchev–Trinajstić information content (AvgIpc) is 2.61. The Labute approximate surface area is 128 Å². The van der Waals surface area contributed by atoms with E-state index in [4.69, 9.17) is 0 Å². The summed E-state index contributed by atoms with van der Waals surface area (Å²) in [5.74, 6) is 0.965. The first-order valence-electron chi connectivity index (χ1n) is 8.13. The first kappa shape index (κ1) is 16.2. The molecular formula is C16H30N2OS. The first-order chi connectivity index (χ1) is 9.51. The van der Waals surface area contributed by atoms with Crippen molar-refractivity contribution < 1.29 is 4.79 Å². The van der Waals surface area contributed by atoms with Crippen LogP contribution in [0.1, 0.15) is 59.3 Å². The van der Waals surface area contributed by atoms with Crippen molar-refractivity contribution >= 4 is 17.7 Å². The molecule has 2 atom stereocenters. The van der Waals surface area contributed by atoms with Crippen molar-refractivity contribution in [3.8, 4) is 0 Å². The standard InChI is InChI=1S/C16H30N2OS/c1-5-7-13-15(19)18(14(17-13)10-12(2)3)11-16(20-4)8-6-9-16/h12-14,17H,5-11H2,1-4H3. The van der Waals surface area contributed by atoms with E-state index < -0.39 is 0 Å². The van der Waals surface area contributed by atoms with Gasteiger partial charge in [0.1, 0.15) is 0 Å². The largest absolute Gasteiger partial charge is 0.324 e. The van der Waals surface area contributed by atoms with Crippen LogP contribution in [0.3, 0.4) is 0 Å². The Kier molecular flexibility index (Phi) is 5.41. The summed E-state index contributed by atoms with van der Waals surface area (Å²) in [6, 6.07) is 0.0581. The number of carbonyl (C=O) groups is 1. The van der Waals surface area contributed by atoms with E-state index in [1.165, 1.54) is 19.3 Å². The van der Waals surface area contributed by atoms with E-state index in [1.807, 2.05) is 11.8 Å². The summed E-state index contributed by atoms with van der Waals surface area (Å²) in [6.07, 6.45) is 9.42. The molecule has 0 bridgehead atoms. The van der Waals surface area contributed by atoms with Crippen LogP contribution in [0.4, 0.5) is 0 Å². The van der Waals surface area contributed by atoms with Crippen LogP contribution in [0.2, 0.25) is 0 Å². The van der Waals surface area contributed by atoms with Crippen LogP contribution >= 0.6 is 11.8 Å². The van der Waals surface area contributed by atoms with Gasteiger partial charge in [-0.1, -0.05) is 33.6 Å². The van der Waals surface area contributed by atoms with Gasteiger partial charge in [0.25, 0.3) is 0 Å². The molecular weight excluding hydrogens is 268 g/mol. The highest BCUT2D eigenvalue weighted by atomic mass is 32.2. The quantitative estimate of drug-likeness (QED) is 0.783. The SMILES string of the molecule is CCCC1NC(CC(C)C)N(CC2(SC)CCC2)C1=O. The van der Waals surface area contributed by atoms with Crippen molar-refractivity contribution in [1.82, 2.24) is 10.2 Å². The molecule has 2 aliphatic rings. The van der Waals surface area contributed by atoms with Crippen molar-refractivity contribution in [2.75, 3.05) is 12.8 Å². The van der Waals surface area contributed by atoms with E-state index in [0.717, 1.165) is 25.8 Å². The minimum atomic E-state index is 0.0581. The molecule has 1 saturated heterocycles. The highest BCUT2D eigenvalue weighted by Gasteiger charge is 2.45. The monoisotopic (exact) mass is 298 g/mol. The van der Waals surface area contributed by atoms with Gasteiger partial charge >= 0.3 is 0 Å². The van der Waals surface area contributed by atoms with E-state index in [-0.39, 0.29) is 12.2 Å². The molecule has 1 amide bonds. The predicted octanol–water partition coefficient (Wildman–Crippen LogP) is 3.24. The van der Waals surface area contributed by atoms with Crippen molar-refractivity contribution in [3.63, 3.8) is 0 Å². The van der Waals surface area contributed by atoms with Crippen LogP contribution in [0, 0.1) is 5.92 Å². The second kappa shape index (κ2) is 6.69. The minimum Gasteiger partial charge on any atom is -0.324 e. The normalized spacial score (nSPS) is 29.1. The second-order valence-electron chi connectivity index (χ2n) is 6.86. The lowest BCUT2D eigenvalue weighted by Crippen LogP contribution is -2.50. The van der Waals surface area contributed by atoms with Crippen molar-refractivity contribution in [2.45, 2.75) is 76.3 Å². The summed E-state index contributed by atoms with van der Waals surface area (Å²) in [4.78, 5) is 14.8. The zero-order chi connectivity index (χ0) is 14.8. The van der Waals surface area contributed by atoms with Crippen LogP contribution in [0.5, 0.6) is 0 Å². The molecule has 4 heteroatoms. The van der Waals surface area contributed by atoms with Gasteiger partial charge in [0, 0.05) is 11.3 Å². The lowest BCUT2D eigenvalue weighted by molar-refractivity contribution is -0.131. The maximum atomic E-state index is 12.7. The number of carbonyl (C=O) groups excluding carboxylic acids is 1.